The number of amides is 1. The van der Waals surface area contributed by atoms with Crippen molar-refractivity contribution in [3.05, 3.63) is 71.9 Å². The van der Waals surface area contributed by atoms with Crippen molar-refractivity contribution in [2.45, 2.75) is 6.92 Å². The highest BCUT2D eigenvalue weighted by Gasteiger charge is 2.16. The topological polar surface area (TPSA) is 59.3 Å². The van der Waals surface area contributed by atoms with Gasteiger partial charge in [0.25, 0.3) is 5.91 Å². The van der Waals surface area contributed by atoms with E-state index in [1.165, 1.54) is 6.07 Å². The van der Waals surface area contributed by atoms with Gasteiger partial charge in [0.15, 0.2) is 5.58 Å². The lowest BCUT2D eigenvalue weighted by Crippen LogP contribution is -2.21. The van der Waals surface area contributed by atoms with E-state index in [2.05, 4.69) is 37.2 Å². The maximum absolute atomic E-state index is 12.5. The minimum atomic E-state index is -0.706. The number of rotatable bonds is 2. The number of hydrogen-bond acceptors (Lipinski definition) is 3. The van der Waals surface area contributed by atoms with Crippen molar-refractivity contribution in [1.29, 1.82) is 0 Å². The van der Waals surface area contributed by atoms with Gasteiger partial charge in [0.1, 0.15) is 5.56 Å². The highest BCUT2D eigenvalue weighted by atomic mass is 79.9. The normalized spacial score (nSPS) is 10.8. The van der Waals surface area contributed by atoms with Crippen molar-refractivity contribution in [3.8, 4) is 0 Å². The summed E-state index contributed by atoms with van der Waals surface area (Å²) >= 11 is 12.7. The predicted molar refractivity (Wildman–Crippen MR) is 102 cm³/mol. The first kappa shape index (κ1) is 17.2. The Labute approximate surface area is 159 Å². The van der Waals surface area contributed by atoms with Crippen LogP contribution in [0, 0.1) is 6.92 Å². The molecule has 0 aliphatic carbocycles. The molecule has 0 unspecified atom stereocenters. The van der Waals surface area contributed by atoms with Gasteiger partial charge in [-0.05, 0) is 58.7 Å². The first-order chi connectivity index (χ1) is 11.3. The monoisotopic (exact) mass is 469 g/mol. The van der Waals surface area contributed by atoms with Crippen LogP contribution in [-0.2, 0) is 0 Å². The van der Waals surface area contributed by atoms with Gasteiger partial charge in [-0.1, -0.05) is 33.6 Å². The van der Waals surface area contributed by atoms with Crippen molar-refractivity contribution in [1.82, 2.24) is 0 Å². The Hall–Kier alpha value is -1.63. The summed E-state index contributed by atoms with van der Waals surface area (Å²) in [6, 6.07) is 10.2. The number of nitrogens with one attached hydrogen (secondary N) is 1. The van der Waals surface area contributed by atoms with Crippen LogP contribution >= 0.6 is 43.5 Å². The van der Waals surface area contributed by atoms with Crippen LogP contribution in [0.5, 0.6) is 0 Å². The Bertz CT molecular complexity index is 1030. The highest BCUT2D eigenvalue weighted by Crippen LogP contribution is 2.28. The van der Waals surface area contributed by atoms with E-state index in [1.54, 1.807) is 30.3 Å². The molecule has 3 rings (SSSR count). The summed E-state index contributed by atoms with van der Waals surface area (Å²) < 4.78 is 6.71. The van der Waals surface area contributed by atoms with Gasteiger partial charge in [0.05, 0.1) is 4.47 Å². The summed E-state index contributed by atoms with van der Waals surface area (Å²) in [5.41, 5.74) is 0.985. The number of carbonyl (C=O) groups excluding carboxylic acids is 1. The Morgan fingerprint density at radius 1 is 1.17 bits per heavy atom. The molecular formula is C17H10Br2ClNO3. The third-order valence-electron chi connectivity index (χ3n) is 3.44. The third kappa shape index (κ3) is 3.41. The number of hydrogen-bond donors (Lipinski definition) is 1. The molecule has 2 aromatic carbocycles. The zero-order valence-corrected chi connectivity index (χ0v) is 16.3. The van der Waals surface area contributed by atoms with Crippen LogP contribution in [0.4, 0.5) is 5.69 Å². The molecule has 1 aromatic heterocycles. The Kier molecular flexibility index (Phi) is 4.80. The van der Waals surface area contributed by atoms with Gasteiger partial charge in [0.2, 0.25) is 0 Å². The largest absolute Gasteiger partial charge is 0.421 e. The number of aryl methyl sites for hydroxylation is 1. The smallest absolute Gasteiger partial charge is 0.349 e. The fraction of sp³-hybridized carbons (Fsp3) is 0.0588. The molecule has 0 saturated carbocycles. The Morgan fingerprint density at radius 2 is 1.92 bits per heavy atom. The van der Waals surface area contributed by atoms with E-state index in [-0.39, 0.29) is 5.56 Å². The van der Waals surface area contributed by atoms with Crippen molar-refractivity contribution in [2.75, 3.05) is 5.32 Å². The van der Waals surface area contributed by atoms with Gasteiger partial charge in [0, 0.05) is 20.6 Å². The molecule has 7 heteroatoms. The second kappa shape index (κ2) is 6.70. The summed E-state index contributed by atoms with van der Waals surface area (Å²) in [7, 11) is 0. The van der Waals surface area contributed by atoms with Crippen LogP contribution in [0.15, 0.2) is 54.6 Å². The molecule has 122 valence electrons. The highest BCUT2D eigenvalue weighted by molar-refractivity contribution is 9.11. The SMILES string of the molecule is Cc1ccc(Cl)cc1NC(=O)c1cc2cc(Br)cc(Br)c2oc1=O. The van der Waals surface area contributed by atoms with E-state index in [9.17, 15) is 9.59 Å². The number of carbonyl (C=O) groups is 1. The summed E-state index contributed by atoms with van der Waals surface area (Å²) in [6.45, 7) is 1.84. The average molecular weight is 472 g/mol. The molecule has 0 fully saturated rings. The van der Waals surface area contributed by atoms with Crippen LogP contribution < -0.4 is 10.9 Å². The minimum absolute atomic E-state index is 0.0770. The lowest BCUT2D eigenvalue weighted by atomic mass is 10.1. The van der Waals surface area contributed by atoms with Crippen LogP contribution in [0.25, 0.3) is 11.0 Å². The number of fused-ring (bicyclic) bond motifs is 1. The van der Waals surface area contributed by atoms with Crippen LogP contribution in [0.3, 0.4) is 0 Å². The second-order valence-corrected chi connectivity index (χ2v) is 7.37. The van der Waals surface area contributed by atoms with Crippen LogP contribution in [0.1, 0.15) is 15.9 Å². The average Bonchev–Trinajstić information content (AvgIpc) is 2.51. The van der Waals surface area contributed by atoms with Crippen LogP contribution in [-0.4, -0.2) is 5.91 Å². The van der Waals surface area contributed by atoms with Crippen LogP contribution in [0.2, 0.25) is 5.02 Å². The molecule has 4 nitrogen and oxygen atoms in total. The number of benzene rings is 2. The molecule has 1 N–H and O–H groups in total. The first-order valence-corrected chi connectivity index (χ1v) is 8.82. The minimum Gasteiger partial charge on any atom is -0.421 e. The molecule has 0 spiro atoms. The van der Waals surface area contributed by atoms with E-state index in [4.69, 9.17) is 16.0 Å². The zero-order chi connectivity index (χ0) is 17.4. The molecule has 0 saturated heterocycles. The maximum atomic E-state index is 12.5. The fourth-order valence-electron chi connectivity index (χ4n) is 2.23. The van der Waals surface area contributed by atoms with Gasteiger partial charge < -0.3 is 9.73 Å². The van der Waals surface area contributed by atoms with Gasteiger partial charge in [-0.25, -0.2) is 4.79 Å². The van der Waals surface area contributed by atoms with Gasteiger partial charge in [-0.2, -0.15) is 0 Å². The van der Waals surface area contributed by atoms with Crippen molar-refractivity contribution in [2.24, 2.45) is 0 Å². The summed E-state index contributed by atoms with van der Waals surface area (Å²) in [6.07, 6.45) is 0. The van der Waals surface area contributed by atoms with Crippen molar-refractivity contribution >= 4 is 66.0 Å². The molecule has 0 atom stereocenters. The van der Waals surface area contributed by atoms with Gasteiger partial charge >= 0.3 is 5.63 Å². The molecule has 0 bridgehead atoms. The Morgan fingerprint density at radius 3 is 2.67 bits per heavy atom. The Balaban J connectivity index is 2.05. The standard InChI is InChI=1S/C17H10Br2ClNO3/c1-8-2-3-11(20)7-14(8)21-16(22)12-5-9-4-10(18)6-13(19)15(9)24-17(12)23/h2-7H,1H3,(H,21,22). The summed E-state index contributed by atoms with van der Waals surface area (Å²) in [5, 5.41) is 3.82. The van der Waals surface area contributed by atoms with E-state index in [0.717, 1.165) is 10.0 Å². The lowest BCUT2D eigenvalue weighted by molar-refractivity contribution is 0.102. The molecular weight excluding hydrogens is 461 g/mol. The van der Waals surface area contributed by atoms with E-state index >= 15 is 0 Å². The zero-order valence-electron chi connectivity index (χ0n) is 12.3. The lowest BCUT2D eigenvalue weighted by Gasteiger charge is -2.09. The second-order valence-electron chi connectivity index (χ2n) is 5.17. The van der Waals surface area contributed by atoms with Crippen molar-refractivity contribution < 1.29 is 9.21 Å². The van der Waals surface area contributed by atoms with E-state index in [0.29, 0.717) is 26.2 Å². The van der Waals surface area contributed by atoms with E-state index in [1.807, 2.05) is 6.92 Å². The van der Waals surface area contributed by atoms with Gasteiger partial charge in [-0.15, -0.1) is 0 Å². The number of halogens is 3. The number of anilines is 1. The first-order valence-electron chi connectivity index (χ1n) is 6.85. The maximum Gasteiger partial charge on any atom is 0.349 e. The molecule has 0 aliphatic heterocycles. The fourth-order valence-corrected chi connectivity index (χ4v) is 3.75. The quantitative estimate of drug-likeness (QED) is 0.500. The third-order valence-corrected chi connectivity index (χ3v) is 4.73. The van der Waals surface area contributed by atoms with Crippen molar-refractivity contribution in [3.63, 3.8) is 0 Å². The molecule has 24 heavy (non-hydrogen) atoms. The summed E-state index contributed by atoms with van der Waals surface area (Å²) in [5.74, 6) is -0.549. The predicted octanol–water partition coefficient (Wildman–Crippen LogP) is 5.53. The molecule has 1 heterocycles. The van der Waals surface area contributed by atoms with E-state index < -0.39 is 11.5 Å². The molecule has 0 radical (unpaired) electrons. The molecule has 3 aromatic rings. The molecule has 1 amide bonds. The summed E-state index contributed by atoms with van der Waals surface area (Å²) in [4.78, 5) is 24.6. The van der Waals surface area contributed by atoms with Gasteiger partial charge in [-0.3, -0.25) is 4.79 Å². The molecule has 0 aliphatic rings.